The van der Waals surface area contributed by atoms with Gasteiger partial charge in [-0.15, -0.1) is 0 Å². The minimum Gasteiger partial charge on any atom is -0.355 e. The molecular formula is C21H27BrN4O4. The lowest BCUT2D eigenvalue weighted by Gasteiger charge is -2.22. The summed E-state index contributed by atoms with van der Waals surface area (Å²) in [4.78, 5) is 54.5. The maximum absolute atomic E-state index is 12.6. The molecule has 0 bridgehead atoms. The normalized spacial score (nSPS) is 17.1. The number of carbonyl (C=O) groups is 4. The van der Waals surface area contributed by atoms with Gasteiger partial charge >= 0.3 is 0 Å². The van der Waals surface area contributed by atoms with Crippen molar-refractivity contribution in [3.63, 3.8) is 0 Å². The Hall–Kier alpha value is -2.26. The third-order valence-corrected chi connectivity index (χ3v) is 5.88. The number of likely N-dealkylation sites (N-methyl/N-ethyl adjacent to an activating group) is 1. The lowest BCUT2D eigenvalue weighted by atomic mass is 10.1. The largest absolute Gasteiger partial charge is 0.355 e. The van der Waals surface area contributed by atoms with Crippen LogP contribution in [0.1, 0.15) is 46.9 Å². The maximum atomic E-state index is 12.6. The predicted molar refractivity (Wildman–Crippen MR) is 115 cm³/mol. The Balaban J connectivity index is 1.45. The Bertz CT molecular complexity index is 844. The first-order valence-corrected chi connectivity index (χ1v) is 11.1. The molecule has 2 aliphatic heterocycles. The molecule has 0 aliphatic carbocycles. The van der Waals surface area contributed by atoms with Crippen molar-refractivity contribution in [3.05, 3.63) is 33.8 Å². The van der Waals surface area contributed by atoms with Gasteiger partial charge in [-0.05, 0) is 38.0 Å². The molecule has 1 aromatic rings. The van der Waals surface area contributed by atoms with Crippen molar-refractivity contribution in [3.8, 4) is 0 Å². The summed E-state index contributed by atoms with van der Waals surface area (Å²) in [5, 5.41) is 2.80. The van der Waals surface area contributed by atoms with Crippen LogP contribution in [-0.2, 0) is 9.59 Å². The molecule has 9 heteroatoms. The monoisotopic (exact) mass is 478 g/mol. The van der Waals surface area contributed by atoms with E-state index in [0.717, 1.165) is 17.4 Å². The summed E-state index contributed by atoms with van der Waals surface area (Å²) in [5.74, 6) is -0.579. The number of fused-ring (bicyclic) bond motifs is 1. The second-order valence-electron chi connectivity index (χ2n) is 7.52. The van der Waals surface area contributed by atoms with E-state index in [2.05, 4.69) is 26.1 Å². The molecule has 8 nitrogen and oxygen atoms in total. The Labute approximate surface area is 184 Å². The standard InChI is InChI=1S/C21H27BrN4O4/c1-2-23-18(27)14-24-8-4-9-25(12-11-24)19(28)5-3-10-26-20(29)16-7-6-15(22)13-17(16)21(26)30/h6-7,13H,2-5,8-12,14H2,1H3,(H,23,27). The lowest BCUT2D eigenvalue weighted by molar-refractivity contribution is -0.131. The van der Waals surface area contributed by atoms with Crippen LogP contribution >= 0.6 is 15.9 Å². The highest BCUT2D eigenvalue weighted by atomic mass is 79.9. The van der Waals surface area contributed by atoms with Crippen molar-refractivity contribution < 1.29 is 19.2 Å². The Kier molecular flexibility index (Phi) is 7.60. The summed E-state index contributed by atoms with van der Waals surface area (Å²) in [5.41, 5.74) is 0.815. The second kappa shape index (κ2) is 10.2. The fraction of sp³-hybridized carbons (Fsp3) is 0.524. The van der Waals surface area contributed by atoms with E-state index in [0.29, 0.717) is 50.3 Å². The smallest absolute Gasteiger partial charge is 0.261 e. The number of halogens is 1. The summed E-state index contributed by atoms with van der Waals surface area (Å²) in [6, 6.07) is 5.05. The van der Waals surface area contributed by atoms with Gasteiger partial charge in [0.25, 0.3) is 11.8 Å². The van der Waals surface area contributed by atoms with Crippen molar-refractivity contribution in [2.45, 2.75) is 26.2 Å². The Morgan fingerprint density at radius 1 is 1.07 bits per heavy atom. The van der Waals surface area contributed by atoms with E-state index >= 15 is 0 Å². The molecule has 4 amide bonds. The van der Waals surface area contributed by atoms with E-state index in [1.807, 2.05) is 11.8 Å². The molecule has 1 N–H and O–H groups in total. The molecule has 162 valence electrons. The summed E-state index contributed by atoms with van der Waals surface area (Å²) in [6.45, 7) is 5.77. The van der Waals surface area contributed by atoms with E-state index in [1.54, 1.807) is 18.2 Å². The molecule has 0 unspecified atom stereocenters. The van der Waals surface area contributed by atoms with Gasteiger partial charge in [-0.1, -0.05) is 15.9 Å². The highest BCUT2D eigenvalue weighted by molar-refractivity contribution is 9.10. The van der Waals surface area contributed by atoms with Gasteiger partial charge in [0, 0.05) is 50.2 Å². The van der Waals surface area contributed by atoms with Crippen LogP contribution < -0.4 is 5.32 Å². The number of hydrogen-bond acceptors (Lipinski definition) is 5. The SMILES string of the molecule is CCNC(=O)CN1CCCN(C(=O)CCCN2C(=O)c3ccc(Br)cc3C2=O)CC1. The van der Waals surface area contributed by atoms with E-state index in [9.17, 15) is 19.2 Å². The molecule has 2 heterocycles. The van der Waals surface area contributed by atoms with Crippen LogP contribution in [0.25, 0.3) is 0 Å². The van der Waals surface area contributed by atoms with Crippen molar-refractivity contribution >= 4 is 39.6 Å². The van der Waals surface area contributed by atoms with Crippen LogP contribution in [0, 0.1) is 0 Å². The third kappa shape index (κ3) is 5.26. The first-order chi connectivity index (χ1) is 14.4. The summed E-state index contributed by atoms with van der Waals surface area (Å²) < 4.78 is 0.752. The molecule has 1 aromatic carbocycles. The van der Waals surface area contributed by atoms with Crippen LogP contribution in [0.15, 0.2) is 22.7 Å². The van der Waals surface area contributed by atoms with E-state index in [1.165, 1.54) is 4.90 Å². The molecule has 1 fully saturated rings. The van der Waals surface area contributed by atoms with Gasteiger partial charge in [0.15, 0.2) is 0 Å². The quantitative estimate of drug-likeness (QED) is 0.599. The molecule has 0 radical (unpaired) electrons. The predicted octanol–water partition coefficient (Wildman–Crippen LogP) is 1.50. The van der Waals surface area contributed by atoms with Gasteiger partial charge in [-0.2, -0.15) is 0 Å². The number of hydrogen-bond donors (Lipinski definition) is 1. The zero-order valence-corrected chi connectivity index (χ0v) is 18.7. The van der Waals surface area contributed by atoms with Gasteiger partial charge in [0.1, 0.15) is 0 Å². The number of carbonyl (C=O) groups excluding carboxylic acids is 4. The van der Waals surface area contributed by atoms with Crippen LogP contribution in [-0.4, -0.2) is 84.1 Å². The Morgan fingerprint density at radius 2 is 1.83 bits per heavy atom. The molecule has 0 spiro atoms. The van der Waals surface area contributed by atoms with Crippen LogP contribution in [0.3, 0.4) is 0 Å². The van der Waals surface area contributed by atoms with E-state index in [-0.39, 0.29) is 36.6 Å². The van der Waals surface area contributed by atoms with Crippen LogP contribution in [0.2, 0.25) is 0 Å². The van der Waals surface area contributed by atoms with Gasteiger partial charge in [0.2, 0.25) is 11.8 Å². The average Bonchev–Trinajstić information content (AvgIpc) is 2.87. The van der Waals surface area contributed by atoms with Crippen molar-refractivity contribution in [2.24, 2.45) is 0 Å². The van der Waals surface area contributed by atoms with Crippen LogP contribution in [0.4, 0.5) is 0 Å². The summed E-state index contributed by atoms with van der Waals surface area (Å²) >= 11 is 3.32. The molecule has 0 saturated carbocycles. The highest BCUT2D eigenvalue weighted by Gasteiger charge is 2.35. The minimum atomic E-state index is -0.306. The first-order valence-electron chi connectivity index (χ1n) is 10.3. The number of rotatable bonds is 7. The van der Waals surface area contributed by atoms with Gasteiger partial charge in [-0.3, -0.25) is 29.0 Å². The zero-order valence-electron chi connectivity index (χ0n) is 17.2. The zero-order chi connectivity index (χ0) is 21.7. The molecular weight excluding hydrogens is 452 g/mol. The molecule has 3 rings (SSSR count). The third-order valence-electron chi connectivity index (χ3n) is 5.39. The second-order valence-corrected chi connectivity index (χ2v) is 8.44. The van der Waals surface area contributed by atoms with Gasteiger partial charge in [0.05, 0.1) is 17.7 Å². The number of imide groups is 1. The fourth-order valence-electron chi connectivity index (χ4n) is 3.85. The van der Waals surface area contributed by atoms with Crippen LogP contribution in [0.5, 0.6) is 0 Å². The lowest BCUT2D eigenvalue weighted by Crippen LogP contribution is -2.40. The number of benzene rings is 1. The highest BCUT2D eigenvalue weighted by Crippen LogP contribution is 2.26. The first kappa shape index (κ1) is 22.4. The maximum Gasteiger partial charge on any atom is 0.261 e. The minimum absolute atomic E-state index is 0.00486. The summed E-state index contributed by atoms with van der Waals surface area (Å²) in [7, 11) is 0. The van der Waals surface area contributed by atoms with E-state index < -0.39 is 0 Å². The van der Waals surface area contributed by atoms with Gasteiger partial charge in [-0.25, -0.2) is 0 Å². The fourth-order valence-corrected chi connectivity index (χ4v) is 4.21. The number of nitrogens with zero attached hydrogens (tertiary/aromatic N) is 3. The molecule has 0 aromatic heterocycles. The molecule has 2 aliphatic rings. The topological polar surface area (TPSA) is 90.0 Å². The number of nitrogens with one attached hydrogen (secondary N) is 1. The van der Waals surface area contributed by atoms with Crippen molar-refractivity contribution in [1.29, 1.82) is 0 Å². The summed E-state index contributed by atoms with van der Waals surface area (Å²) in [6.07, 6.45) is 1.54. The van der Waals surface area contributed by atoms with Crippen molar-refractivity contribution in [2.75, 3.05) is 45.8 Å². The number of amides is 4. The van der Waals surface area contributed by atoms with E-state index in [4.69, 9.17) is 0 Å². The van der Waals surface area contributed by atoms with Gasteiger partial charge < -0.3 is 10.2 Å². The molecule has 0 atom stereocenters. The van der Waals surface area contributed by atoms with Crippen molar-refractivity contribution in [1.82, 2.24) is 20.0 Å². The molecule has 30 heavy (non-hydrogen) atoms. The average molecular weight is 479 g/mol. The Morgan fingerprint density at radius 3 is 2.60 bits per heavy atom. The molecule has 1 saturated heterocycles.